The van der Waals surface area contributed by atoms with Gasteiger partial charge in [-0.25, -0.2) is 0 Å². The van der Waals surface area contributed by atoms with Gasteiger partial charge in [0.2, 0.25) is 0 Å². The number of aliphatic hydroxyl groups excluding tert-OH is 1. The highest BCUT2D eigenvalue weighted by molar-refractivity contribution is 5.70. The molecule has 0 unspecified atom stereocenters. The van der Waals surface area contributed by atoms with E-state index in [4.69, 9.17) is 10.5 Å². The summed E-state index contributed by atoms with van der Waals surface area (Å²) >= 11 is 0. The first-order valence-corrected chi connectivity index (χ1v) is 8.33. The molecular weight excluding hydrogens is 318 g/mol. The lowest BCUT2D eigenvalue weighted by Gasteiger charge is -2.23. The third-order valence-electron chi connectivity index (χ3n) is 4.34. The summed E-state index contributed by atoms with van der Waals surface area (Å²) in [5.74, 6) is -1.03. The van der Waals surface area contributed by atoms with Crippen LogP contribution in [0.2, 0.25) is 0 Å². The molecule has 2 aromatic rings. The number of hydrogen-bond donors (Lipinski definition) is 3. The Morgan fingerprint density at radius 2 is 1.72 bits per heavy atom. The Hall–Kier alpha value is -2.37. The van der Waals surface area contributed by atoms with E-state index in [1.165, 1.54) is 0 Å². The standard InChI is InChI=1S/C20H25NO4/c1-25-19-10-6-5-9-15(19)12-16(20(23)24)13-18(22)17(21)11-14-7-3-2-4-8-14/h2-10,16-18,22H,11-13,21H2,1H3,(H,23,24)/t16-,17+,18+/m1/s1. The number of carboxylic acids is 1. The Labute approximate surface area is 148 Å². The van der Waals surface area contributed by atoms with Gasteiger partial charge < -0.3 is 20.7 Å². The quantitative estimate of drug-likeness (QED) is 0.649. The van der Waals surface area contributed by atoms with Gasteiger partial charge in [0.15, 0.2) is 0 Å². The van der Waals surface area contributed by atoms with E-state index in [0.717, 1.165) is 11.1 Å². The van der Waals surface area contributed by atoms with Crippen LogP contribution in [0, 0.1) is 5.92 Å². The molecule has 5 nitrogen and oxygen atoms in total. The first kappa shape index (κ1) is 19.0. The monoisotopic (exact) mass is 343 g/mol. The Balaban J connectivity index is 2.01. The van der Waals surface area contributed by atoms with E-state index >= 15 is 0 Å². The minimum absolute atomic E-state index is 0.0986. The van der Waals surface area contributed by atoms with Crippen LogP contribution in [0.15, 0.2) is 54.6 Å². The number of ether oxygens (including phenoxy) is 1. The predicted molar refractivity (Wildman–Crippen MR) is 96.6 cm³/mol. The number of nitrogens with two attached hydrogens (primary N) is 1. The van der Waals surface area contributed by atoms with Crippen molar-refractivity contribution in [3.05, 3.63) is 65.7 Å². The van der Waals surface area contributed by atoms with Crippen LogP contribution in [0.1, 0.15) is 17.5 Å². The summed E-state index contributed by atoms with van der Waals surface area (Å²) in [6, 6.07) is 16.4. The van der Waals surface area contributed by atoms with Crippen molar-refractivity contribution in [2.24, 2.45) is 11.7 Å². The molecule has 0 saturated heterocycles. The molecule has 4 N–H and O–H groups in total. The molecule has 0 spiro atoms. The van der Waals surface area contributed by atoms with Crippen molar-refractivity contribution in [1.82, 2.24) is 0 Å². The molecule has 0 aliphatic heterocycles. The van der Waals surface area contributed by atoms with Crippen LogP contribution < -0.4 is 10.5 Å². The predicted octanol–water partition coefficient (Wildman–Crippen LogP) is 2.26. The van der Waals surface area contributed by atoms with Gasteiger partial charge in [-0.2, -0.15) is 0 Å². The van der Waals surface area contributed by atoms with Crippen LogP contribution in [-0.4, -0.2) is 35.4 Å². The van der Waals surface area contributed by atoms with Crippen LogP contribution in [0.3, 0.4) is 0 Å². The van der Waals surface area contributed by atoms with Gasteiger partial charge in [0.1, 0.15) is 5.75 Å². The number of methoxy groups -OCH3 is 1. The fourth-order valence-electron chi connectivity index (χ4n) is 2.90. The second-order valence-corrected chi connectivity index (χ2v) is 6.21. The molecule has 0 radical (unpaired) electrons. The van der Waals surface area contributed by atoms with Crippen molar-refractivity contribution < 1.29 is 19.7 Å². The number of aliphatic hydroxyl groups is 1. The summed E-state index contributed by atoms with van der Waals surface area (Å²) in [7, 11) is 1.55. The first-order valence-electron chi connectivity index (χ1n) is 8.33. The highest BCUT2D eigenvalue weighted by Gasteiger charge is 2.26. The molecule has 2 aromatic carbocycles. The van der Waals surface area contributed by atoms with Gasteiger partial charge in [0.05, 0.1) is 19.1 Å². The highest BCUT2D eigenvalue weighted by atomic mass is 16.5. The lowest BCUT2D eigenvalue weighted by molar-refractivity contribution is -0.142. The van der Waals surface area contributed by atoms with E-state index in [1.807, 2.05) is 48.5 Å². The Bertz CT molecular complexity index is 674. The van der Waals surface area contributed by atoms with E-state index in [-0.39, 0.29) is 12.8 Å². The average molecular weight is 343 g/mol. The molecule has 0 aliphatic carbocycles. The van der Waals surface area contributed by atoms with E-state index in [0.29, 0.717) is 12.2 Å². The SMILES string of the molecule is COc1ccccc1C[C@H](C[C@H](O)[C@@H](N)Cc1ccccc1)C(=O)O. The Morgan fingerprint density at radius 3 is 2.36 bits per heavy atom. The summed E-state index contributed by atoms with van der Waals surface area (Å²) in [6.45, 7) is 0. The Morgan fingerprint density at radius 1 is 1.08 bits per heavy atom. The third kappa shape index (κ3) is 5.59. The van der Waals surface area contributed by atoms with Gasteiger partial charge in [-0.3, -0.25) is 4.79 Å². The van der Waals surface area contributed by atoms with Crippen LogP contribution in [0.4, 0.5) is 0 Å². The van der Waals surface area contributed by atoms with Crippen molar-refractivity contribution in [3.8, 4) is 5.75 Å². The summed E-state index contributed by atoms with van der Waals surface area (Å²) < 4.78 is 5.28. The van der Waals surface area contributed by atoms with Gasteiger partial charge in [-0.15, -0.1) is 0 Å². The molecule has 0 fully saturated rings. The van der Waals surface area contributed by atoms with E-state index in [2.05, 4.69) is 0 Å². The molecule has 0 saturated carbocycles. The molecule has 134 valence electrons. The number of hydrogen-bond acceptors (Lipinski definition) is 4. The molecule has 0 aliphatic rings. The van der Waals surface area contributed by atoms with E-state index < -0.39 is 24.0 Å². The van der Waals surface area contributed by atoms with Crippen molar-refractivity contribution in [3.63, 3.8) is 0 Å². The van der Waals surface area contributed by atoms with Crippen molar-refractivity contribution in [2.45, 2.75) is 31.4 Å². The van der Waals surface area contributed by atoms with Crippen LogP contribution in [0.25, 0.3) is 0 Å². The molecule has 0 aromatic heterocycles. The average Bonchev–Trinajstić information content (AvgIpc) is 2.62. The topological polar surface area (TPSA) is 92.8 Å². The number of aliphatic carboxylic acids is 1. The lowest BCUT2D eigenvalue weighted by atomic mass is 9.89. The third-order valence-corrected chi connectivity index (χ3v) is 4.34. The van der Waals surface area contributed by atoms with E-state index in [1.54, 1.807) is 13.2 Å². The van der Waals surface area contributed by atoms with Crippen LogP contribution >= 0.6 is 0 Å². The molecule has 0 bridgehead atoms. The first-order chi connectivity index (χ1) is 12.0. The Kier molecular flexibility index (Phi) is 6.98. The number of carboxylic acid groups (broad SMARTS) is 1. The van der Waals surface area contributed by atoms with Gasteiger partial charge in [0, 0.05) is 6.04 Å². The summed E-state index contributed by atoms with van der Waals surface area (Å²) in [4.78, 5) is 11.6. The molecule has 2 rings (SSSR count). The second-order valence-electron chi connectivity index (χ2n) is 6.21. The zero-order valence-electron chi connectivity index (χ0n) is 14.3. The summed E-state index contributed by atoms with van der Waals surface area (Å²) in [6.07, 6.45) is -0.00483. The maximum Gasteiger partial charge on any atom is 0.306 e. The van der Waals surface area contributed by atoms with Gasteiger partial charge in [-0.1, -0.05) is 48.5 Å². The fourth-order valence-corrected chi connectivity index (χ4v) is 2.90. The fraction of sp³-hybridized carbons (Fsp3) is 0.350. The van der Waals surface area contributed by atoms with E-state index in [9.17, 15) is 15.0 Å². The smallest absolute Gasteiger partial charge is 0.306 e. The van der Waals surface area contributed by atoms with Crippen molar-refractivity contribution in [2.75, 3.05) is 7.11 Å². The zero-order valence-corrected chi connectivity index (χ0v) is 14.3. The minimum atomic E-state index is -0.947. The number of para-hydroxylation sites is 1. The maximum atomic E-state index is 11.6. The molecular formula is C20H25NO4. The summed E-state index contributed by atoms with van der Waals surface area (Å²) in [5, 5.41) is 19.9. The largest absolute Gasteiger partial charge is 0.496 e. The van der Waals surface area contributed by atoms with Crippen molar-refractivity contribution in [1.29, 1.82) is 0 Å². The van der Waals surface area contributed by atoms with Crippen molar-refractivity contribution >= 4 is 5.97 Å². The van der Waals surface area contributed by atoms with Gasteiger partial charge in [-0.05, 0) is 36.5 Å². The maximum absolute atomic E-state index is 11.6. The number of carbonyl (C=O) groups is 1. The van der Waals surface area contributed by atoms with Gasteiger partial charge >= 0.3 is 5.97 Å². The molecule has 25 heavy (non-hydrogen) atoms. The zero-order chi connectivity index (χ0) is 18.2. The molecule has 5 heteroatoms. The normalized spacial score (nSPS) is 14.5. The second kappa shape index (κ2) is 9.20. The highest BCUT2D eigenvalue weighted by Crippen LogP contribution is 2.24. The van der Waals surface area contributed by atoms with Crippen LogP contribution in [-0.2, 0) is 17.6 Å². The molecule has 0 amide bonds. The molecule has 3 atom stereocenters. The van der Waals surface area contributed by atoms with Crippen LogP contribution in [0.5, 0.6) is 5.75 Å². The number of rotatable bonds is 9. The minimum Gasteiger partial charge on any atom is -0.496 e. The number of benzene rings is 2. The lowest BCUT2D eigenvalue weighted by Crippen LogP contribution is -2.39. The van der Waals surface area contributed by atoms with Gasteiger partial charge in [0.25, 0.3) is 0 Å². The summed E-state index contributed by atoms with van der Waals surface area (Å²) in [5.41, 5.74) is 7.91. The molecule has 0 heterocycles.